The van der Waals surface area contributed by atoms with Gasteiger partial charge < -0.3 is 0 Å². The molecule has 0 radical (unpaired) electrons. The number of benzene rings is 2. The van der Waals surface area contributed by atoms with E-state index in [4.69, 9.17) is 0 Å². The Morgan fingerprint density at radius 1 is 0.579 bits per heavy atom. The maximum atomic E-state index is 3.77. The van der Waals surface area contributed by atoms with Crippen LogP contribution in [0, 0.1) is 0 Å². The zero-order valence-electron chi connectivity index (χ0n) is 12.3. The summed E-state index contributed by atoms with van der Waals surface area (Å²) in [5.41, 5.74) is 2.47. The van der Waals surface area contributed by atoms with Crippen LogP contribution in [0.25, 0.3) is 0 Å². The summed E-state index contributed by atoms with van der Waals surface area (Å²) in [5.74, 6) is 0. The zero-order chi connectivity index (χ0) is 13.9. The van der Waals surface area contributed by atoms with E-state index < -0.39 is 0 Å². The maximum absolute atomic E-state index is 3.77. The third-order valence-electron chi connectivity index (χ3n) is 3.62. The Labute approximate surface area is 116 Å². The van der Waals surface area contributed by atoms with Crippen molar-refractivity contribution in [2.75, 3.05) is 0 Å². The van der Waals surface area contributed by atoms with Gasteiger partial charge in [-0.25, -0.2) is 0 Å². The summed E-state index contributed by atoms with van der Waals surface area (Å²) in [5, 5.41) is 3.77. The van der Waals surface area contributed by atoms with Crippen LogP contribution in [0.3, 0.4) is 0 Å². The molecule has 0 spiro atoms. The third-order valence-corrected chi connectivity index (χ3v) is 3.62. The summed E-state index contributed by atoms with van der Waals surface area (Å²) in [6.07, 6.45) is 0. The molecule has 2 aromatic carbocycles. The van der Waals surface area contributed by atoms with Crippen LogP contribution in [0.15, 0.2) is 60.7 Å². The Bertz CT molecular complexity index is 462. The van der Waals surface area contributed by atoms with E-state index in [9.17, 15) is 0 Å². The molecule has 0 saturated carbocycles. The van der Waals surface area contributed by atoms with E-state index in [0.29, 0.717) is 0 Å². The topological polar surface area (TPSA) is 12.0 Å². The van der Waals surface area contributed by atoms with Crippen molar-refractivity contribution in [2.24, 2.45) is 0 Å². The average Bonchev–Trinajstić information content (AvgIpc) is 2.40. The molecule has 0 fully saturated rings. The lowest BCUT2D eigenvalue weighted by molar-refractivity contribution is 0.271. The van der Waals surface area contributed by atoms with Crippen LogP contribution in [0.5, 0.6) is 0 Å². The van der Waals surface area contributed by atoms with E-state index in [0.717, 1.165) is 0 Å². The Kier molecular flexibility index (Phi) is 3.77. The minimum atomic E-state index is -0.0688. The van der Waals surface area contributed by atoms with Gasteiger partial charge in [-0.3, -0.25) is 5.32 Å². The van der Waals surface area contributed by atoms with Gasteiger partial charge >= 0.3 is 0 Å². The second-order valence-electron chi connectivity index (χ2n) is 6.11. The van der Waals surface area contributed by atoms with E-state index in [2.05, 4.69) is 93.7 Å². The summed E-state index contributed by atoms with van der Waals surface area (Å²) >= 11 is 0. The van der Waals surface area contributed by atoms with E-state index in [1.165, 1.54) is 11.1 Å². The molecule has 1 nitrogen and oxygen atoms in total. The zero-order valence-corrected chi connectivity index (χ0v) is 12.3. The van der Waals surface area contributed by atoms with Crippen LogP contribution in [0.4, 0.5) is 0 Å². The van der Waals surface area contributed by atoms with Gasteiger partial charge in [0.2, 0.25) is 0 Å². The predicted octanol–water partition coefficient (Wildman–Crippen LogP) is 4.45. The van der Waals surface area contributed by atoms with Crippen molar-refractivity contribution < 1.29 is 0 Å². The van der Waals surface area contributed by atoms with Crippen molar-refractivity contribution in [3.63, 3.8) is 0 Å². The highest BCUT2D eigenvalue weighted by molar-refractivity contribution is 5.27. The number of rotatable bonds is 4. The van der Waals surface area contributed by atoms with Crippen LogP contribution in [-0.4, -0.2) is 0 Å². The normalized spacial score (nSPS) is 12.4. The van der Waals surface area contributed by atoms with Crippen LogP contribution < -0.4 is 5.32 Å². The van der Waals surface area contributed by atoms with Crippen molar-refractivity contribution in [3.05, 3.63) is 71.8 Å². The van der Waals surface area contributed by atoms with Gasteiger partial charge in [0.15, 0.2) is 0 Å². The average molecular weight is 253 g/mol. The highest BCUT2D eigenvalue weighted by Gasteiger charge is 2.29. The molecule has 0 aromatic heterocycles. The molecule has 100 valence electrons. The monoisotopic (exact) mass is 253 g/mol. The van der Waals surface area contributed by atoms with E-state index >= 15 is 0 Å². The minimum Gasteiger partial charge on any atom is -0.299 e. The standard InChI is InChI=1S/C18H23N/c1-17(2,15-11-7-5-8-12-15)19-18(3,4)16-13-9-6-10-14-16/h5-14,19H,1-4H3. The van der Waals surface area contributed by atoms with E-state index in [1.807, 2.05) is 0 Å². The third kappa shape index (κ3) is 3.24. The molecule has 0 bridgehead atoms. The lowest BCUT2D eigenvalue weighted by Gasteiger charge is -2.38. The van der Waals surface area contributed by atoms with Gasteiger partial charge in [-0.05, 0) is 38.8 Å². The smallest absolute Gasteiger partial charge is 0.0384 e. The van der Waals surface area contributed by atoms with Crippen molar-refractivity contribution in [3.8, 4) is 0 Å². The Morgan fingerprint density at radius 2 is 0.895 bits per heavy atom. The van der Waals surface area contributed by atoms with Crippen molar-refractivity contribution in [1.82, 2.24) is 5.32 Å². The first-order valence-electron chi connectivity index (χ1n) is 6.82. The van der Waals surface area contributed by atoms with Crippen molar-refractivity contribution >= 4 is 0 Å². The molecule has 0 saturated heterocycles. The van der Waals surface area contributed by atoms with Gasteiger partial charge in [-0.15, -0.1) is 0 Å². The molecule has 2 aromatic rings. The molecule has 19 heavy (non-hydrogen) atoms. The SMILES string of the molecule is CC(C)(NC(C)(C)c1ccccc1)c1ccccc1. The lowest BCUT2D eigenvalue weighted by atomic mass is 9.87. The van der Waals surface area contributed by atoms with E-state index in [1.54, 1.807) is 0 Å². The molecule has 1 N–H and O–H groups in total. The molecule has 0 amide bonds. The van der Waals surface area contributed by atoms with Gasteiger partial charge in [0, 0.05) is 11.1 Å². The minimum absolute atomic E-state index is 0.0688. The van der Waals surface area contributed by atoms with Crippen LogP contribution in [0.2, 0.25) is 0 Å². The fraction of sp³-hybridized carbons (Fsp3) is 0.333. The highest BCUT2D eigenvalue weighted by atomic mass is 15.0. The van der Waals surface area contributed by atoms with Crippen molar-refractivity contribution in [1.29, 1.82) is 0 Å². The van der Waals surface area contributed by atoms with Crippen LogP contribution in [-0.2, 0) is 11.1 Å². The molecular formula is C18H23N. The Morgan fingerprint density at radius 3 is 1.21 bits per heavy atom. The number of hydrogen-bond donors (Lipinski definition) is 1. The predicted molar refractivity (Wildman–Crippen MR) is 82.1 cm³/mol. The first-order valence-corrected chi connectivity index (χ1v) is 6.82. The molecule has 2 rings (SSSR count). The molecule has 0 aliphatic heterocycles. The summed E-state index contributed by atoms with van der Waals surface area (Å²) in [4.78, 5) is 0. The fourth-order valence-corrected chi connectivity index (χ4v) is 2.64. The van der Waals surface area contributed by atoms with Gasteiger partial charge in [-0.1, -0.05) is 60.7 Å². The molecule has 0 aliphatic rings. The summed E-state index contributed by atoms with van der Waals surface area (Å²) in [6, 6.07) is 21.2. The van der Waals surface area contributed by atoms with Crippen LogP contribution >= 0.6 is 0 Å². The Balaban J connectivity index is 2.25. The summed E-state index contributed by atoms with van der Waals surface area (Å²) in [7, 11) is 0. The highest BCUT2D eigenvalue weighted by Crippen LogP contribution is 2.28. The number of hydrogen-bond acceptors (Lipinski definition) is 1. The molecular weight excluding hydrogens is 230 g/mol. The van der Waals surface area contributed by atoms with E-state index in [-0.39, 0.29) is 11.1 Å². The van der Waals surface area contributed by atoms with Gasteiger partial charge in [0.25, 0.3) is 0 Å². The lowest BCUT2D eigenvalue weighted by Crippen LogP contribution is -2.48. The molecule has 0 heterocycles. The first kappa shape index (κ1) is 13.8. The molecule has 0 unspecified atom stereocenters. The van der Waals surface area contributed by atoms with Crippen LogP contribution in [0.1, 0.15) is 38.8 Å². The maximum Gasteiger partial charge on any atom is 0.0384 e. The second-order valence-corrected chi connectivity index (χ2v) is 6.11. The Hall–Kier alpha value is -1.60. The second kappa shape index (κ2) is 5.18. The largest absolute Gasteiger partial charge is 0.299 e. The van der Waals surface area contributed by atoms with Gasteiger partial charge in [-0.2, -0.15) is 0 Å². The first-order chi connectivity index (χ1) is 8.92. The van der Waals surface area contributed by atoms with Gasteiger partial charge in [0.1, 0.15) is 0 Å². The summed E-state index contributed by atoms with van der Waals surface area (Å²) in [6.45, 7) is 8.92. The quantitative estimate of drug-likeness (QED) is 0.849. The molecule has 0 atom stereocenters. The molecule has 1 heteroatoms. The summed E-state index contributed by atoms with van der Waals surface area (Å²) < 4.78 is 0. The fourth-order valence-electron chi connectivity index (χ4n) is 2.64. The van der Waals surface area contributed by atoms with Crippen molar-refractivity contribution in [2.45, 2.75) is 38.8 Å². The van der Waals surface area contributed by atoms with Gasteiger partial charge in [0.05, 0.1) is 0 Å². The molecule has 0 aliphatic carbocycles. The number of nitrogens with one attached hydrogen (secondary N) is 1.